The van der Waals surface area contributed by atoms with Crippen LogP contribution in [0.5, 0.6) is 0 Å². The summed E-state index contributed by atoms with van der Waals surface area (Å²) in [4.78, 5) is 10.6. The van der Waals surface area contributed by atoms with Crippen molar-refractivity contribution in [2.45, 2.75) is 25.2 Å². The second-order valence-corrected chi connectivity index (χ2v) is 4.08. The molecule has 0 atom stereocenters. The highest BCUT2D eigenvalue weighted by molar-refractivity contribution is 5.66. The number of hydrogen-bond donors (Lipinski definition) is 1. The summed E-state index contributed by atoms with van der Waals surface area (Å²) in [6.07, 6.45) is 0.735. The summed E-state index contributed by atoms with van der Waals surface area (Å²) in [6.45, 7) is 3.01. The minimum Gasteiger partial charge on any atom is -0.481 e. The predicted molar refractivity (Wildman–Crippen MR) is 52.8 cm³/mol. The number of ether oxygens (including phenoxy) is 1. The van der Waals surface area contributed by atoms with Crippen LogP contribution in [0.3, 0.4) is 0 Å². The molecule has 1 N–H and O–H groups in total. The second-order valence-electron chi connectivity index (χ2n) is 4.08. The van der Waals surface area contributed by atoms with E-state index in [1.54, 1.807) is 0 Å². The lowest BCUT2D eigenvalue weighted by Gasteiger charge is -2.39. The largest absolute Gasteiger partial charge is 0.481 e. The maximum absolute atomic E-state index is 10.6. The molecular formula is C11H14O4. The monoisotopic (exact) mass is 210 g/mol. The van der Waals surface area contributed by atoms with Crippen molar-refractivity contribution in [2.24, 2.45) is 0 Å². The van der Waals surface area contributed by atoms with Crippen molar-refractivity contribution in [1.82, 2.24) is 0 Å². The Kier molecular flexibility index (Phi) is 2.52. The van der Waals surface area contributed by atoms with E-state index in [4.69, 9.17) is 14.3 Å². The smallest absolute Gasteiger partial charge is 0.303 e. The van der Waals surface area contributed by atoms with E-state index in [-0.39, 0.29) is 11.8 Å². The van der Waals surface area contributed by atoms with Crippen LogP contribution >= 0.6 is 0 Å². The Labute approximate surface area is 87.8 Å². The lowest BCUT2D eigenvalue weighted by atomic mass is 9.79. The molecule has 15 heavy (non-hydrogen) atoms. The fourth-order valence-electron chi connectivity index (χ4n) is 1.82. The van der Waals surface area contributed by atoms with Gasteiger partial charge in [-0.15, -0.1) is 0 Å². The van der Waals surface area contributed by atoms with E-state index >= 15 is 0 Å². The summed E-state index contributed by atoms with van der Waals surface area (Å²) >= 11 is 0. The third kappa shape index (κ3) is 1.90. The molecule has 1 fully saturated rings. The Morgan fingerprint density at radius 3 is 2.67 bits per heavy atom. The van der Waals surface area contributed by atoms with Gasteiger partial charge in [-0.25, -0.2) is 0 Å². The van der Waals surface area contributed by atoms with Gasteiger partial charge in [0.25, 0.3) is 0 Å². The number of carbonyl (C=O) groups is 1. The summed E-state index contributed by atoms with van der Waals surface area (Å²) in [7, 11) is 0. The molecule has 2 heterocycles. The van der Waals surface area contributed by atoms with E-state index in [1.165, 1.54) is 0 Å². The highest BCUT2D eigenvalue weighted by atomic mass is 16.5. The van der Waals surface area contributed by atoms with Gasteiger partial charge in [-0.3, -0.25) is 4.79 Å². The third-order valence-corrected chi connectivity index (χ3v) is 2.84. The number of carboxylic acid groups (broad SMARTS) is 1. The van der Waals surface area contributed by atoms with E-state index in [1.807, 2.05) is 19.1 Å². The summed E-state index contributed by atoms with van der Waals surface area (Å²) in [5.74, 6) is 0.934. The van der Waals surface area contributed by atoms with Crippen LogP contribution in [0.15, 0.2) is 16.5 Å². The highest BCUT2D eigenvalue weighted by Gasteiger charge is 2.43. The topological polar surface area (TPSA) is 59.7 Å². The molecule has 1 aromatic rings. The summed E-state index contributed by atoms with van der Waals surface area (Å²) < 4.78 is 10.7. The maximum atomic E-state index is 10.6. The van der Waals surface area contributed by atoms with Gasteiger partial charge in [0.1, 0.15) is 11.5 Å². The van der Waals surface area contributed by atoms with Crippen LogP contribution < -0.4 is 0 Å². The molecule has 1 saturated heterocycles. The Morgan fingerprint density at radius 1 is 1.53 bits per heavy atom. The Balaban J connectivity index is 2.11. The van der Waals surface area contributed by atoms with E-state index in [0.29, 0.717) is 19.6 Å². The van der Waals surface area contributed by atoms with Crippen molar-refractivity contribution in [2.75, 3.05) is 13.2 Å². The van der Waals surface area contributed by atoms with Crippen molar-refractivity contribution < 1.29 is 19.1 Å². The first-order valence-corrected chi connectivity index (χ1v) is 4.99. The molecular weight excluding hydrogens is 196 g/mol. The van der Waals surface area contributed by atoms with Crippen LogP contribution in [0.25, 0.3) is 0 Å². The van der Waals surface area contributed by atoms with Gasteiger partial charge in [-0.05, 0) is 25.5 Å². The van der Waals surface area contributed by atoms with Gasteiger partial charge in [0, 0.05) is 6.42 Å². The standard InChI is InChI=1S/C11H14O4/c1-8-2-3-9(15-8)11(6-14-7-11)5-4-10(12)13/h2-3H,4-7H2,1H3,(H,12,13). The van der Waals surface area contributed by atoms with Crippen molar-refractivity contribution in [1.29, 1.82) is 0 Å². The number of rotatable bonds is 4. The molecule has 4 nitrogen and oxygen atoms in total. The first kappa shape index (κ1) is 10.2. The van der Waals surface area contributed by atoms with Crippen molar-refractivity contribution in [3.63, 3.8) is 0 Å². The average molecular weight is 210 g/mol. The van der Waals surface area contributed by atoms with E-state index in [0.717, 1.165) is 11.5 Å². The minimum absolute atomic E-state index is 0.156. The molecule has 0 radical (unpaired) electrons. The Hall–Kier alpha value is -1.29. The normalized spacial score (nSPS) is 18.5. The zero-order chi connectivity index (χ0) is 10.9. The first-order chi connectivity index (χ1) is 7.12. The number of carboxylic acids is 1. The van der Waals surface area contributed by atoms with Crippen LogP contribution in [0, 0.1) is 6.92 Å². The molecule has 2 rings (SSSR count). The number of hydrogen-bond acceptors (Lipinski definition) is 3. The number of aryl methyl sites for hydroxylation is 1. The summed E-state index contributed by atoms with van der Waals surface area (Å²) in [6, 6.07) is 3.82. The third-order valence-electron chi connectivity index (χ3n) is 2.84. The van der Waals surface area contributed by atoms with Gasteiger partial charge in [0.05, 0.1) is 18.6 Å². The summed E-state index contributed by atoms with van der Waals surface area (Å²) in [5.41, 5.74) is -0.202. The molecule has 0 unspecified atom stereocenters. The van der Waals surface area contributed by atoms with Gasteiger partial charge in [0.15, 0.2) is 0 Å². The highest BCUT2D eigenvalue weighted by Crippen LogP contribution is 2.37. The van der Waals surface area contributed by atoms with Crippen LogP contribution in [-0.2, 0) is 14.9 Å². The lowest BCUT2D eigenvalue weighted by Crippen LogP contribution is -2.46. The minimum atomic E-state index is -0.774. The average Bonchev–Trinajstić information content (AvgIpc) is 2.50. The molecule has 82 valence electrons. The van der Waals surface area contributed by atoms with Crippen molar-refractivity contribution >= 4 is 5.97 Å². The predicted octanol–water partition coefficient (Wildman–Crippen LogP) is 1.72. The van der Waals surface area contributed by atoms with E-state index < -0.39 is 5.97 Å². The maximum Gasteiger partial charge on any atom is 0.303 e. The molecule has 0 aromatic carbocycles. The first-order valence-electron chi connectivity index (χ1n) is 4.99. The quantitative estimate of drug-likeness (QED) is 0.822. The molecule has 0 amide bonds. The number of furan rings is 1. The lowest BCUT2D eigenvalue weighted by molar-refractivity contribution is -0.139. The van der Waals surface area contributed by atoms with Crippen LogP contribution in [0.1, 0.15) is 24.4 Å². The Bertz CT molecular complexity index is 362. The Morgan fingerprint density at radius 2 is 2.27 bits per heavy atom. The van der Waals surface area contributed by atoms with E-state index in [2.05, 4.69) is 0 Å². The van der Waals surface area contributed by atoms with Crippen LogP contribution in [0.2, 0.25) is 0 Å². The van der Waals surface area contributed by atoms with Crippen molar-refractivity contribution in [3.05, 3.63) is 23.7 Å². The van der Waals surface area contributed by atoms with Crippen LogP contribution in [0.4, 0.5) is 0 Å². The van der Waals surface area contributed by atoms with Gasteiger partial charge in [-0.2, -0.15) is 0 Å². The molecule has 4 heteroatoms. The van der Waals surface area contributed by atoms with Gasteiger partial charge in [-0.1, -0.05) is 0 Å². The number of aliphatic carboxylic acids is 1. The molecule has 0 spiro atoms. The fraction of sp³-hybridized carbons (Fsp3) is 0.545. The molecule has 1 aliphatic heterocycles. The molecule has 1 aromatic heterocycles. The zero-order valence-electron chi connectivity index (χ0n) is 8.66. The van der Waals surface area contributed by atoms with Crippen LogP contribution in [-0.4, -0.2) is 24.3 Å². The summed E-state index contributed by atoms with van der Waals surface area (Å²) in [5, 5.41) is 8.68. The van der Waals surface area contributed by atoms with Gasteiger partial charge in [0.2, 0.25) is 0 Å². The molecule has 0 aliphatic carbocycles. The second kappa shape index (κ2) is 3.70. The zero-order valence-corrected chi connectivity index (χ0v) is 8.66. The van der Waals surface area contributed by atoms with E-state index in [9.17, 15) is 4.79 Å². The molecule has 0 bridgehead atoms. The van der Waals surface area contributed by atoms with Crippen molar-refractivity contribution in [3.8, 4) is 0 Å². The molecule has 0 saturated carbocycles. The fourth-order valence-corrected chi connectivity index (χ4v) is 1.82. The van der Waals surface area contributed by atoms with Gasteiger partial charge < -0.3 is 14.3 Å². The SMILES string of the molecule is Cc1ccc(C2(CCC(=O)O)COC2)o1. The van der Waals surface area contributed by atoms with Gasteiger partial charge >= 0.3 is 5.97 Å². The molecule has 1 aliphatic rings.